The molecule has 0 aliphatic heterocycles. The second-order valence-electron chi connectivity index (χ2n) is 6.62. The largest absolute Gasteiger partial charge is 0.359 e. The number of carbonyl (C=O) groups excluding carboxylic acids is 1. The first-order valence-corrected chi connectivity index (χ1v) is 8.69. The second-order valence-corrected chi connectivity index (χ2v) is 6.62. The van der Waals surface area contributed by atoms with Crippen molar-refractivity contribution in [1.29, 1.82) is 0 Å². The van der Waals surface area contributed by atoms with Gasteiger partial charge in [0.25, 0.3) is 0 Å². The average molecular weight is 460 g/mol. The Labute approximate surface area is 169 Å². The van der Waals surface area contributed by atoms with Crippen molar-refractivity contribution in [2.45, 2.75) is 47.1 Å². The van der Waals surface area contributed by atoms with Gasteiger partial charge in [-0.15, -0.1) is 24.0 Å². The predicted octanol–water partition coefficient (Wildman–Crippen LogP) is 3.26. The van der Waals surface area contributed by atoms with Crippen LogP contribution in [0.1, 0.15) is 51.8 Å². The molecule has 0 saturated carbocycles. The van der Waals surface area contributed by atoms with Gasteiger partial charge in [0, 0.05) is 13.6 Å². The third-order valence-electron chi connectivity index (χ3n) is 4.06. The Balaban J connectivity index is 0.00000576. The van der Waals surface area contributed by atoms with E-state index >= 15 is 0 Å². The normalized spacial score (nSPS) is 12.8. The Morgan fingerprint density at radius 3 is 2.28 bits per heavy atom. The van der Waals surface area contributed by atoms with Gasteiger partial charge in [-0.05, 0) is 45.2 Å². The van der Waals surface area contributed by atoms with E-state index in [0.29, 0.717) is 6.54 Å². The van der Waals surface area contributed by atoms with Crippen LogP contribution in [0.25, 0.3) is 0 Å². The molecule has 1 atom stereocenters. The Morgan fingerprint density at radius 1 is 1.20 bits per heavy atom. The quantitative estimate of drug-likeness (QED) is 0.333. The first-order chi connectivity index (χ1) is 11.3. The third-order valence-corrected chi connectivity index (χ3v) is 4.06. The molecule has 0 aliphatic carbocycles. The van der Waals surface area contributed by atoms with E-state index in [2.05, 4.69) is 59.1 Å². The van der Waals surface area contributed by atoms with Crippen molar-refractivity contribution in [2.24, 2.45) is 10.4 Å². The summed E-state index contributed by atoms with van der Waals surface area (Å²) >= 11 is 0. The summed E-state index contributed by atoms with van der Waals surface area (Å²) in [6.45, 7) is 11.3. The summed E-state index contributed by atoms with van der Waals surface area (Å²) in [5, 5.41) is 9.34. The zero-order chi connectivity index (χ0) is 18.2. The molecule has 0 saturated heterocycles. The lowest BCUT2D eigenvalue weighted by Crippen LogP contribution is -2.41. The molecule has 0 fully saturated rings. The molecular weight excluding hydrogens is 427 g/mol. The van der Waals surface area contributed by atoms with E-state index in [1.54, 1.807) is 7.05 Å². The Morgan fingerprint density at radius 2 is 1.80 bits per heavy atom. The maximum atomic E-state index is 11.9. The third kappa shape index (κ3) is 7.63. The number of carbonyl (C=O) groups is 1. The Hall–Kier alpha value is -1.31. The maximum Gasteiger partial charge on any atom is 0.227 e. The van der Waals surface area contributed by atoms with Crippen LogP contribution in [-0.2, 0) is 11.2 Å². The molecule has 5 nitrogen and oxygen atoms in total. The fourth-order valence-corrected chi connectivity index (χ4v) is 2.34. The first-order valence-electron chi connectivity index (χ1n) is 8.69. The van der Waals surface area contributed by atoms with Crippen molar-refractivity contribution in [3.63, 3.8) is 0 Å². The lowest BCUT2D eigenvalue weighted by atomic mass is 9.93. The second kappa shape index (κ2) is 11.3. The van der Waals surface area contributed by atoms with E-state index in [-0.39, 0.29) is 35.9 Å². The minimum absolute atomic E-state index is 0. The number of hydrogen-bond acceptors (Lipinski definition) is 2. The number of halogens is 1. The standard InChI is InChI=1S/C19H32N4O.HI/c1-7-15-9-11-16(12-10-15)14(3)23-18(21-8-2)22-13-19(4,5)17(24)20-6;/h9-12,14H,7-8,13H2,1-6H3,(H,20,24)(H2,21,22,23);1H. The zero-order valence-electron chi connectivity index (χ0n) is 16.3. The van der Waals surface area contributed by atoms with E-state index in [9.17, 15) is 4.79 Å². The van der Waals surface area contributed by atoms with Crippen LogP contribution in [0.15, 0.2) is 29.3 Å². The summed E-state index contributed by atoms with van der Waals surface area (Å²) in [6, 6.07) is 8.75. The SMILES string of the molecule is CCNC(=NCC(C)(C)C(=O)NC)NC(C)c1ccc(CC)cc1.I. The van der Waals surface area contributed by atoms with Gasteiger partial charge >= 0.3 is 0 Å². The molecule has 1 amide bonds. The van der Waals surface area contributed by atoms with Gasteiger partial charge in [-0.25, -0.2) is 0 Å². The fourth-order valence-electron chi connectivity index (χ4n) is 2.34. The number of guanidine groups is 1. The van der Waals surface area contributed by atoms with Crippen molar-refractivity contribution >= 4 is 35.8 Å². The number of nitrogens with zero attached hydrogens (tertiary/aromatic N) is 1. The van der Waals surface area contributed by atoms with Crippen LogP contribution in [0.3, 0.4) is 0 Å². The van der Waals surface area contributed by atoms with E-state index < -0.39 is 5.41 Å². The number of rotatable bonds is 7. The van der Waals surface area contributed by atoms with Crippen LogP contribution in [0.4, 0.5) is 0 Å². The summed E-state index contributed by atoms with van der Waals surface area (Å²) < 4.78 is 0. The molecule has 6 heteroatoms. The molecule has 1 unspecified atom stereocenters. The lowest BCUT2D eigenvalue weighted by molar-refractivity contribution is -0.128. The first kappa shape index (κ1) is 23.7. The van der Waals surface area contributed by atoms with E-state index in [0.717, 1.165) is 18.9 Å². The van der Waals surface area contributed by atoms with Crippen LogP contribution < -0.4 is 16.0 Å². The number of aryl methyl sites for hydroxylation is 1. The van der Waals surface area contributed by atoms with E-state index in [4.69, 9.17) is 0 Å². The van der Waals surface area contributed by atoms with Gasteiger partial charge in [0.2, 0.25) is 5.91 Å². The molecule has 1 aromatic carbocycles. The minimum Gasteiger partial charge on any atom is -0.359 e. The molecule has 1 rings (SSSR count). The number of aliphatic imine (C=N–C) groups is 1. The van der Waals surface area contributed by atoms with Gasteiger partial charge in [0.15, 0.2) is 5.96 Å². The predicted molar refractivity (Wildman–Crippen MR) is 117 cm³/mol. The molecule has 0 spiro atoms. The molecule has 0 heterocycles. The summed E-state index contributed by atoms with van der Waals surface area (Å²) in [5.41, 5.74) is 2.01. The molecule has 0 bridgehead atoms. The summed E-state index contributed by atoms with van der Waals surface area (Å²) in [7, 11) is 1.65. The van der Waals surface area contributed by atoms with E-state index in [1.807, 2.05) is 20.8 Å². The summed E-state index contributed by atoms with van der Waals surface area (Å²) in [5.74, 6) is 0.715. The van der Waals surface area contributed by atoms with Gasteiger partial charge in [0.1, 0.15) is 0 Å². The van der Waals surface area contributed by atoms with E-state index in [1.165, 1.54) is 11.1 Å². The number of amides is 1. The van der Waals surface area contributed by atoms with Gasteiger partial charge in [-0.1, -0.05) is 31.2 Å². The molecule has 142 valence electrons. The van der Waals surface area contributed by atoms with Gasteiger partial charge in [0.05, 0.1) is 18.0 Å². The zero-order valence-corrected chi connectivity index (χ0v) is 18.6. The van der Waals surface area contributed by atoms with Crippen molar-refractivity contribution in [2.75, 3.05) is 20.1 Å². The molecule has 0 aliphatic rings. The van der Waals surface area contributed by atoms with Crippen molar-refractivity contribution in [3.8, 4) is 0 Å². The minimum atomic E-state index is -0.539. The molecule has 0 radical (unpaired) electrons. The van der Waals surface area contributed by atoms with Crippen LogP contribution in [0.5, 0.6) is 0 Å². The topological polar surface area (TPSA) is 65.5 Å². The van der Waals surface area contributed by atoms with Gasteiger partial charge < -0.3 is 16.0 Å². The molecule has 0 aromatic heterocycles. The fraction of sp³-hybridized carbons (Fsp3) is 0.579. The smallest absolute Gasteiger partial charge is 0.227 e. The highest BCUT2D eigenvalue weighted by Crippen LogP contribution is 2.16. The average Bonchev–Trinajstić information content (AvgIpc) is 2.59. The number of benzene rings is 1. The van der Waals surface area contributed by atoms with Crippen molar-refractivity contribution < 1.29 is 4.79 Å². The van der Waals surface area contributed by atoms with Crippen LogP contribution in [0.2, 0.25) is 0 Å². The molecule has 1 aromatic rings. The maximum absolute atomic E-state index is 11.9. The van der Waals surface area contributed by atoms with Crippen molar-refractivity contribution in [1.82, 2.24) is 16.0 Å². The highest BCUT2D eigenvalue weighted by Gasteiger charge is 2.26. The monoisotopic (exact) mass is 460 g/mol. The van der Waals surface area contributed by atoms with Crippen LogP contribution in [-0.4, -0.2) is 32.0 Å². The van der Waals surface area contributed by atoms with Crippen molar-refractivity contribution in [3.05, 3.63) is 35.4 Å². The Bertz CT molecular complexity index is 555. The summed E-state index contributed by atoms with van der Waals surface area (Å²) in [4.78, 5) is 16.5. The highest BCUT2D eigenvalue weighted by atomic mass is 127. The number of hydrogen-bond donors (Lipinski definition) is 3. The molecular formula is C19H33IN4O. The highest BCUT2D eigenvalue weighted by molar-refractivity contribution is 14.0. The van der Waals surface area contributed by atoms with Gasteiger partial charge in [-0.2, -0.15) is 0 Å². The Kier molecular flexibility index (Phi) is 10.7. The lowest BCUT2D eigenvalue weighted by Gasteiger charge is -2.22. The van der Waals surface area contributed by atoms with Gasteiger partial charge in [-0.3, -0.25) is 9.79 Å². The summed E-state index contributed by atoms with van der Waals surface area (Å²) in [6.07, 6.45) is 1.04. The molecule has 25 heavy (non-hydrogen) atoms. The van der Waals surface area contributed by atoms with Crippen LogP contribution in [0, 0.1) is 5.41 Å². The number of nitrogens with one attached hydrogen (secondary N) is 3. The molecule has 3 N–H and O–H groups in total. The van der Waals surface area contributed by atoms with Crippen LogP contribution >= 0.6 is 24.0 Å².